The highest BCUT2D eigenvalue weighted by atomic mass is 19.1. The number of aryl methyl sites for hydroxylation is 2. The molecule has 2 rings (SSSR count). The van der Waals surface area contributed by atoms with E-state index in [1.165, 1.54) is 6.07 Å². The zero-order valence-corrected chi connectivity index (χ0v) is 16.9. The minimum atomic E-state index is -0.279. The number of nitrogens with zero attached hydrogens (tertiary/aromatic N) is 2. The van der Waals surface area contributed by atoms with Gasteiger partial charge in [0.1, 0.15) is 17.3 Å². The van der Waals surface area contributed by atoms with Crippen molar-refractivity contribution in [2.24, 2.45) is 4.99 Å². The van der Waals surface area contributed by atoms with E-state index in [1.807, 2.05) is 65.0 Å². The third-order valence-electron chi connectivity index (χ3n) is 4.36. The highest BCUT2D eigenvalue weighted by Gasteiger charge is 2.19. The second-order valence-electron chi connectivity index (χ2n) is 7.72. The Balaban J connectivity index is 2.31. The third kappa shape index (κ3) is 4.84. The van der Waals surface area contributed by atoms with Crippen molar-refractivity contribution in [3.8, 4) is 11.5 Å². The molecular weight excluding hydrogens is 327 g/mol. The van der Waals surface area contributed by atoms with Gasteiger partial charge in [-0.3, -0.25) is 0 Å². The van der Waals surface area contributed by atoms with E-state index in [0.717, 1.165) is 29.1 Å². The van der Waals surface area contributed by atoms with E-state index in [4.69, 9.17) is 4.74 Å². The Morgan fingerprint density at radius 2 is 1.81 bits per heavy atom. The number of ether oxygens (including phenoxy) is 1. The predicted octanol–water partition coefficient (Wildman–Crippen LogP) is 6.14. The normalized spacial score (nSPS) is 11.8. The molecule has 0 saturated carbocycles. The Morgan fingerprint density at radius 3 is 2.42 bits per heavy atom. The average molecular weight is 356 g/mol. The van der Waals surface area contributed by atoms with Crippen LogP contribution < -0.4 is 4.74 Å². The average Bonchev–Trinajstić information content (AvgIpc) is 2.56. The van der Waals surface area contributed by atoms with Gasteiger partial charge in [-0.2, -0.15) is 0 Å². The summed E-state index contributed by atoms with van der Waals surface area (Å²) in [5.41, 5.74) is 3.31. The van der Waals surface area contributed by atoms with Gasteiger partial charge < -0.3 is 9.64 Å². The molecule has 0 N–H and O–H groups in total. The van der Waals surface area contributed by atoms with E-state index < -0.39 is 0 Å². The van der Waals surface area contributed by atoms with Crippen molar-refractivity contribution < 1.29 is 9.13 Å². The second kappa shape index (κ2) is 7.90. The topological polar surface area (TPSA) is 24.8 Å². The van der Waals surface area contributed by atoms with Crippen molar-refractivity contribution in [1.82, 2.24) is 4.90 Å². The molecular formula is C22H29FN2O. The molecule has 0 aliphatic heterocycles. The van der Waals surface area contributed by atoms with Gasteiger partial charge in [-0.25, -0.2) is 9.38 Å². The zero-order chi connectivity index (χ0) is 19.5. The molecule has 0 aromatic heterocycles. The van der Waals surface area contributed by atoms with Gasteiger partial charge in [0.15, 0.2) is 0 Å². The van der Waals surface area contributed by atoms with Crippen LogP contribution in [0.2, 0.25) is 0 Å². The zero-order valence-electron chi connectivity index (χ0n) is 16.9. The maximum Gasteiger partial charge on any atom is 0.130 e. The van der Waals surface area contributed by atoms with Crippen molar-refractivity contribution in [3.63, 3.8) is 0 Å². The van der Waals surface area contributed by atoms with Gasteiger partial charge in [-0.15, -0.1) is 0 Å². The summed E-state index contributed by atoms with van der Waals surface area (Å²) in [5, 5.41) is 0. The van der Waals surface area contributed by atoms with Crippen LogP contribution in [0, 0.1) is 19.7 Å². The molecule has 0 saturated heterocycles. The molecule has 3 nitrogen and oxygen atoms in total. The highest BCUT2D eigenvalue weighted by molar-refractivity contribution is 5.64. The molecule has 0 unspecified atom stereocenters. The molecule has 0 radical (unpaired) electrons. The van der Waals surface area contributed by atoms with Crippen molar-refractivity contribution >= 4 is 12.0 Å². The van der Waals surface area contributed by atoms with E-state index in [-0.39, 0.29) is 11.2 Å². The number of aliphatic imine (C=N–C) groups is 1. The van der Waals surface area contributed by atoms with Gasteiger partial charge in [0, 0.05) is 13.6 Å². The number of hydrogen-bond donors (Lipinski definition) is 0. The van der Waals surface area contributed by atoms with Crippen LogP contribution in [-0.2, 0) is 5.41 Å². The molecule has 2 aromatic carbocycles. The number of benzene rings is 2. The molecule has 140 valence electrons. The second-order valence-corrected chi connectivity index (χ2v) is 7.72. The number of rotatable bonds is 5. The fourth-order valence-electron chi connectivity index (χ4n) is 2.54. The fourth-order valence-corrected chi connectivity index (χ4v) is 2.54. The third-order valence-corrected chi connectivity index (χ3v) is 4.36. The quantitative estimate of drug-likeness (QED) is 0.474. The van der Waals surface area contributed by atoms with Crippen LogP contribution in [0.4, 0.5) is 10.1 Å². The summed E-state index contributed by atoms with van der Waals surface area (Å²) in [6.45, 7) is 13.0. The van der Waals surface area contributed by atoms with E-state index in [9.17, 15) is 4.39 Å². The lowest BCUT2D eigenvalue weighted by atomic mass is 9.86. The molecule has 0 amide bonds. The maximum atomic E-state index is 14.1. The van der Waals surface area contributed by atoms with Gasteiger partial charge in [0.2, 0.25) is 0 Å². The van der Waals surface area contributed by atoms with Gasteiger partial charge in [-0.05, 0) is 73.2 Å². The summed E-state index contributed by atoms with van der Waals surface area (Å²) in [5.74, 6) is 1.19. The first-order chi connectivity index (χ1) is 12.1. The maximum absolute atomic E-state index is 14.1. The molecule has 2 aromatic rings. The first-order valence-corrected chi connectivity index (χ1v) is 8.95. The summed E-state index contributed by atoms with van der Waals surface area (Å²) < 4.78 is 20.2. The minimum absolute atomic E-state index is 0.206. The largest absolute Gasteiger partial charge is 0.457 e. The molecule has 0 heterocycles. The minimum Gasteiger partial charge on any atom is -0.457 e. The number of halogens is 1. The van der Waals surface area contributed by atoms with Crippen molar-refractivity contribution in [1.29, 1.82) is 0 Å². The van der Waals surface area contributed by atoms with Gasteiger partial charge >= 0.3 is 0 Å². The summed E-state index contributed by atoms with van der Waals surface area (Å²) in [6.07, 6.45) is 1.83. The van der Waals surface area contributed by atoms with Crippen LogP contribution in [0.15, 0.2) is 35.3 Å². The monoisotopic (exact) mass is 356 g/mol. The van der Waals surface area contributed by atoms with E-state index >= 15 is 0 Å². The van der Waals surface area contributed by atoms with Crippen LogP contribution in [0.1, 0.15) is 44.4 Å². The Bertz CT molecular complexity index is 807. The summed E-state index contributed by atoms with van der Waals surface area (Å²) in [7, 11) is 1.99. The Hall–Kier alpha value is -2.36. The Labute approximate surface area is 156 Å². The SMILES string of the molecule is CCN(C)C=Nc1cc(C)c(Oc2ccc(F)c(C(C)(C)C)c2)cc1C. The highest BCUT2D eigenvalue weighted by Crippen LogP contribution is 2.34. The first kappa shape index (κ1) is 20.0. The fraction of sp³-hybridized carbons (Fsp3) is 0.409. The van der Waals surface area contributed by atoms with Crippen LogP contribution in [-0.4, -0.2) is 24.8 Å². The molecule has 0 spiro atoms. The van der Waals surface area contributed by atoms with Crippen LogP contribution in [0.3, 0.4) is 0 Å². The lowest BCUT2D eigenvalue weighted by molar-refractivity contribution is 0.466. The molecule has 0 atom stereocenters. The van der Waals surface area contributed by atoms with Crippen LogP contribution in [0.25, 0.3) is 0 Å². The van der Waals surface area contributed by atoms with Crippen LogP contribution in [0.5, 0.6) is 11.5 Å². The van der Waals surface area contributed by atoms with Crippen LogP contribution >= 0.6 is 0 Å². The molecule has 0 fully saturated rings. The van der Waals surface area contributed by atoms with Gasteiger partial charge in [-0.1, -0.05) is 20.8 Å². The van der Waals surface area contributed by atoms with Crippen molar-refractivity contribution in [3.05, 3.63) is 52.8 Å². The van der Waals surface area contributed by atoms with E-state index in [2.05, 4.69) is 11.9 Å². The lowest BCUT2D eigenvalue weighted by Crippen LogP contribution is -2.14. The van der Waals surface area contributed by atoms with E-state index in [0.29, 0.717) is 11.3 Å². The molecule has 0 aliphatic carbocycles. The summed E-state index contributed by atoms with van der Waals surface area (Å²) >= 11 is 0. The predicted molar refractivity (Wildman–Crippen MR) is 108 cm³/mol. The van der Waals surface area contributed by atoms with E-state index in [1.54, 1.807) is 12.1 Å². The number of hydrogen-bond acceptors (Lipinski definition) is 2. The standard InChI is InChI=1S/C22H29FN2O/c1-8-25(7)14-24-20-11-16(3)21(12-15(20)2)26-17-9-10-19(23)18(13-17)22(4,5)6/h9-14H,8H2,1-7H3. The Morgan fingerprint density at radius 1 is 1.12 bits per heavy atom. The summed E-state index contributed by atoms with van der Waals surface area (Å²) in [4.78, 5) is 6.56. The van der Waals surface area contributed by atoms with Crippen molar-refractivity contribution in [2.45, 2.75) is 47.0 Å². The van der Waals surface area contributed by atoms with Gasteiger partial charge in [0.05, 0.1) is 12.0 Å². The summed E-state index contributed by atoms with van der Waals surface area (Å²) in [6, 6.07) is 8.91. The smallest absolute Gasteiger partial charge is 0.130 e. The van der Waals surface area contributed by atoms with Crippen molar-refractivity contribution in [2.75, 3.05) is 13.6 Å². The molecule has 0 aliphatic rings. The lowest BCUT2D eigenvalue weighted by Gasteiger charge is -2.21. The molecule has 4 heteroatoms. The van der Waals surface area contributed by atoms with Gasteiger partial charge in [0.25, 0.3) is 0 Å². The first-order valence-electron chi connectivity index (χ1n) is 8.95. The molecule has 26 heavy (non-hydrogen) atoms. The molecule has 0 bridgehead atoms. The Kier molecular flexibility index (Phi) is 6.06.